The topological polar surface area (TPSA) is 80.1 Å². The molecule has 3 aromatic rings. The van der Waals surface area contributed by atoms with Crippen molar-refractivity contribution in [2.24, 2.45) is 0 Å². The molecule has 31 heavy (non-hydrogen) atoms. The molecule has 1 N–H and O–H groups in total. The van der Waals surface area contributed by atoms with Gasteiger partial charge in [-0.2, -0.15) is 5.10 Å². The van der Waals surface area contributed by atoms with Gasteiger partial charge in [-0.15, -0.1) is 0 Å². The lowest BCUT2D eigenvalue weighted by Gasteiger charge is -2.40. The fraction of sp³-hybridized carbons (Fsp3) is 0.364. The first-order chi connectivity index (χ1) is 14.8. The molecular weight excluding hydrogens is 421 g/mol. The van der Waals surface area contributed by atoms with Crippen LogP contribution in [-0.2, 0) is 4.79 Å². The van der Waals surface area contributed by atoms with E-state index in [1.165, 1.54) is 12.1 Å². The van der Waals surface area contributed by atoms with E-state index in [1.807, 2.05) is 0 Å². The molecule has 1 saturated carbocycles. The molecule has 0 unspecified atom stereocenters. The SMILES string of the molecule is CC1(C)C(=O)NCCN1C(=O)c1ccc2c(n1)c(C1CC1)nn2-c1ccc(Cl)c(F)c1. The standard InChI is InChI=1S/C22H21ClFN5O2/c1-22(2)21(31)25-9-10-28(22)20(30)16-7-8-17-19(26-16)18(12-3-4-12)27-29(17)13-5-6-14(23)15(24)11-13/h5-8,11-12H,3-4,9-10H2,1-2H3,(H,25,31). The van der Waals surface area contributed by atoms with Crippen molar-refractivity contribution in [3.63, 3.8) is 0 Å². The third kappa shape index (κ3) is 3.26. The fourth-order valence-corrected chi connectivity index (χ4v) is 4.10. The third-order valence-electron chi connectivity index (χ3n) is 5.98. The molecule has 3 heterocycles. The highest BCUT2D eigenvalue weighted by Gasteiger charge is 2.41. The summed E-state index contributed by atoms with van der Waals surface area (Å²) in [4.78, 5) is 31.7. The quantitative estimate of drug-likeness (QED) is 0.675. The Bertz CT molecular complexity index is 1230. The van der Waals surface area contributed by atoms with Crippen molar-refractivity contribution >= 4 is 34.4 Å². The van der Waals surface area contributed by atoms with Crippen LogP contribution >= 0.6 is 11.6 Å². The predicted molar refractivity (Wildman–Crippen MR) is 114 cm³/mol. The second-order valence-corrected chi connectivity index (χ2v) is 8.91. The first-order valence-corrected chi connectivity index (χ1v) is 10.6. The van der Waals surface area contributed by atoms with E-state index in [1.54, 1.807) is 41.6 Å². The Hall–Kier alpha value is -3.00. The van der Waals surface area contributed by atoms with Crippen LogP contribution < -0.4 is 5.32 Å². The minimum atomic E-state index is -0.962. The van der Waals surface area contributed by atoms with Crippen molar-refractivity contribution in [3.05, 3.63) is 52.6 Å². The highest BCUT2D eigenvalue weighted by atomic mass is 35.5. The van der Waals surface area contributed by atoms with Crippen molar-refractivity contribution in [1.82, 2.24) is 25.0 Å². The maximum Gasteiger partial charge on any atom is 0.273 e. The number of halogens is 2. The lowest BCUT2D eigenvalue weighted by molar-refractivity contribution is -0.133. The third-order valence-corrected chi connectivity index (χ3v) is 6.29. The van der Waals surface area contributed by atoms with Crippen molar-refractivity contribution in [3.8, 4) is 5.69 Å². The van der Waals surface area contributed by atoms with E-state index in [4.69, 9.17) is 16.7 Å². The second-order valence-electron chi connectivity index (χ2n) is 8.51. The number of hydrogen-bond donors (Lipinski definition) is 1. The monoisotopic (exact) mass is 441 g/mol. The van der Waals surface area contributed by atoms with E-state index >= 15 is 0 Å². The Morgan fingerprint density at radius 3 is 2.74 bits per heavy atom. The van der Waals surface area contributed by atoms with Gasteiger partial charge in [0.15, 0.2) is 0 Å². The zero-order valence-corrected chi connectivity index (χ0v) is 17.9. The average molecular weight is 442 g/mol. The van der Waals surface area contributed by atoms with Gasteiger partial charge in [0, 0.05) is 25.1 Å². The zero-order chi connectivity index (χ0) is 21.9. The smallest absolute Gasteiger partial charge is 0.273 e. The van der Waals surface area contributed by atoms with Gasteiger partial charge in [-0.1, -0.05) is 11.6 Å². The van der Waals surface area contributed by atoms with E-state index in [0.717, 1.165) is 18.5 Å². The molecule has 0 spiro atoms. The Balaban J connectivity index is 1.60. The summed E-state index contributed by atoms with van der Waals surface area (Å²) in [6, 6.07) is 7.93. The second kappa shape index (κ2) is 7.02. The number of carbonyl (C=O) groups excluding carboxylic acids is 2. The lowest BCUT2D eigenvalue weighted by atomic mass is 9.98. The van der Waals surface area contributed by atoms with E-state index in [2.05, 4.69) is 10.3 Å². The van der Waals surface area contributed by atoms with Crippen molar-refractivity contribution in [2.75, 3.05) is 13.1 Å². The molecule has 1 saturated heterocycles. The molecule has 1 aromatic carbocycles. The maximum absolute atomic E-state index is 14.1. The van der Waals surface area contributed by atoms with E-state index in [-0.39, 0.29) is 28.4 Å². The molecule has 1 aliphatic carbocycles. The molecule has 160 valence electrons. The molecule has 2 aliphatic rings. The van der Waals surface area contributed by atoms with E-state index in [0.29, 0.717) is 29.8 Å². The molecule has 0 bridgehead atoms. The molecule has 1 aliphatic heterocycles. The van der Waals surface area contributed by atoms with Crippen molar-refractivity contribution in [2.45, 2.75) is 38.1 Å². The highest BCUT2D eigenvalue weighted by molar-refractivity contribution is 6.30. The summed E-state index contributed by atoms with van der Waals surface area (Å²) in [5.74, 6) is -0.740. The van der Waals surface area contributed by atoms with Crippen molar-refractivity contribution in [1.29, 1.82) is 0 Å². The summed E-state index contributed by atoms with van der Waals surface area (Å²) >= 11 is 5.83. The molecule has 2 fully saturated rings. The van der Waals surface area contributed by atoms with Crippen LogP contribution in [0.15, 0.2) is 30.3 Å². The van der Waals surface area contributed by atoms with Gasteiger partial charge in [-0.25, -0.2) is 14.1 Å². The Morgan fingerprint density at radius 1 is 1.26 bits per heavy atom. The first kappa shape index (κ1) is 19.9. The van der Waals surface area contributed by atoms with Gasteiger partial charge in [0.25, 0.3) is 5.91 Å². The number of hydrogen-bond acceptors (Lipinski definition) is 4. The predicted octanol–water partition coefficient (Wildman–Crippen LogP) is 3.44. The van der Waals surface area contributed by atoms with Crippen LogP contribution in [0.3, 0.4) is 0 Å². The number of fused-ring (bicyclic) bond motifs is 1. The first-order valence-electron chi connectivity index (χ1n) is 10.2. The number of nitrogens with one attached hydrogen (secondary N) is 1. The Labute approximate surface area is 183 Å². The molecule has 5 rings (SSSR count). The van der Waals surface area contributed by atoms with Crippen LogP contribution in [0.25, 0.3) is 16.7 Å². The molecule has 7 nitrogen and oxygen atoms in total. The van der Waals surface area contributed by atoms with Crippen molar-refractivity contribution < 1.29 is 14.0 Å². The van der Waals surface area contributed by atoms with Gasteiger partial charge in [0.2, 0.25) is 5.91 Å². The normalized spacial score (nSPS) is 18.3. The average Bonchev–Trinajstić information content (AvgIpc) is 3.52. The van der Waals surface area contributed by atoms with Crippen LogP contribution in [0.2, 0.25) is 5.02 Å². The summed E-state index contributed by atoms with van der Waals surface area (Å²) in [6.45, 7) is 4.26. The van der Waals surface area contributed by atoms with Crippen LogP contribution in [0, 0.1) is 5.82 Å². The number of piperazine rings is 1. The summed E-state index contributed by atoms with van der Waals surface area (Å²) in [7, 11) is 0. The van der Waals surface area contributed by atoms with E-state index in [9.17, 15) is 14.0 Å². The van der Waals surface area contributed by atoms with Crippen LogP contribution in [0.1, 0.15) is 48.8 Å². The summed E-state index contributed by atoms with van der Waals surface area (Å²) in [5.41, 5.74) is 1.96. The number of nitrogens with zero attached hydrogens (tertiary/aromatic N) is 4. The number of carbonyl (C=O) groups is 2. The summed E-state index contributed by atoms with van der Waals surface area (Å²) < 4.78 is 15.7. The minimum Gasteiger partial charge on any atom is -0.352 e. The Kier molecular flexibility index (Phi) is 4.51. The molecule has 9 heteroatoms. The van der Waals surface area contributed by atoms with Gasteiger partial charge in [-0.3, -0.25) is 9.59 Å². The number of amides is 2. The van der Waals surface area contributed by atoms with Gasteiger partial charge in [-0.05, 0) is 51.0 Å². The number of pyridine rings is 1. The van der Waals surface area contributed by atoms with Gasteiger partial charge >= 0.3 is 0 Å². The van der Waals surface area contributed by atoms with Gasteiger partial charge in [0.05, 0.1) is 21.9 Å². The van der Waals surface area contributed by atoms with Gasteiger partial charge in [0.1, 0.15) is 22.6 Å². The van der Waals surface area contributed by atoms with E-state index < -0.39 is 11.4 Å². The number of benzene rings is 1. The summed E-state index contributed by atoms with van der Waals surface area (Å²) in [6.07, 6.45) is 2.00. The molecule has 2 amide bonds. The Morgan fingerprint density at radius 2 is 2.03 bits per heavy atom. The molecular formula is C22H21ClFN5O2. The van der Waals surface area contributed by atoms with Crippen LogP contribution in [0.5, 0.6) is 0 Å². The number of rotatable bonds is 3. The minimum absolute atomic E-state index is 0.0434. The summed E-state index contributed by atoms with van der Waals surface area (Å²) in [5, 5.41) is 7.54. The number of aromatic nitrogens is 3. The lowest BCUT2D eigenvalue weighted by Crippen LogP contribution is -2.63. The van der Waals surface area contributed by atoms with Gasteiger partial charge < -0.3 is 10.2 Å². The fourth-order valence-electron chi connectivity index (χ4n) is 3.98. The maximum atomic E-state index is 14.1. The van der Waals surface area contributed by atoms with Crippen LogP contribution in [0.4, 0.5) is 4.39 Å². The zero-order valence-electron chi connectivity index (χ0n) is 17.2. The molecule has 0 atom stereocenters. The van der Waals surface area contributed by atoms with Crippen LogP contribution in [-0.4, -0.2) is 50.1 Å². The molecule has 0 radical (unpaired) electrons. The highest BCUT2D eigenvalue weighted by Crippen LogP contribution is 2.42. The molecule has 2 aromatic heterocycles. The largest absolute Gasteiger partial charge is 0.352 e.